The molecular weight excluding hydrogens is 405 g/mol. The third kappa shape index (κ3) is 3.21. The van der Waals surface area contributed by atoms with Gasteiger partial charge in [-0.15, -0.1) is 5.10 Å². The molecule has 0 atom stereocenters. The first-order valence-corrected chi connectivity index (χ1v) is 9.91. The van der Waals surface area contributed by atoms with Gasteiger partial charge >= 0.3 is 0 Å². The summed E-state index contributed by atoms with van der Waals surface area (Å²) in [7, 11) is 0. The summed E-state index contributed by atoms with van der Waals surface area (Å²) in [6.07, 6.45) is 4.05. The van der Waals surface area contributed by atoms with E-state index in [1.54, 1.807) is 18.3 Å². The molecule has 1 aromatic carbocycles. The number of fused-ring (bicyclic) bond motifs is 2. The Balaban J connectivity index is 1.52. The molecule has 0 aliphatic carbocycles. The molecule has 4 aromatic rings. The summed E-state index contributed by atoms with van der Waals surface area (Å²) < 4.78 is 14.8. The monoisotopic (exact) mass is 421 g/mol. The van der Waals surface area contributed by atoms with Crippen LogP contribution in [0.3, 0.4) is 0 Å². The zero-order valence-electron chi connectivity index (χ0n) is 16.1. The number of anilines is 1. The Morgan fingerprint density at radius 1 is 1.10 bits per heavy atom. The molecule has 6 nitrogen and oxygen atoms in total. The minimum Gasteiger partial charge on any atom is -0.350 e. The number of hydrogen-bond donors (Lipinski definition) is 0. The van der Waals surface area contributed by atoms with Gasteiger partial charge in [-0.2, -0.15) is 4.52 Å². The second-order valence-corrected chi connectivity index (χ2v) is 7.74. The van der Waals surface area contributed by atoms with Gasteiger partial charge in [0.2, 0.25) is 0 Å². The SMILES string of the molecule is Cc1cc2nccc(=O)n2nc1N1CCc2ncc(-c3ccc(F)c(Cl)c3)cc2C1. The predicted octanol–water partition coefficient (Wildman–Crippen LogP) is 3.82. The fourth-order valence-electron chi connectivity index (χ4n) is 3.80. The number of halogens is 2. The summed E-state index contributed by atoms with van der Waals surface area (Å²) in [5.74, 6) is 0.304. The lowest BCUT2D eigenvalue weighted by molar-refractivity contribution is 0.628. The van der Waals surface area contributed by atoms with Crippen LogP contribution in [0.15, 0.2) is 53.6 Å². The van der Waals surface area contributed by atoms with Crippen LogP contribution in [0.25, 0.3) is 16.8 Å². The topological polar surface area (TPSA) is 63.4 Å². The van der Waals surface area contributed by atoms with Crippen molar-refractivity contribution in [3.63, 3.8) is 0 Å². The molecule has 8 heteroatoms. The lowest BCUT2D eigenvalue weighted by Gasteiger charge is -2.30. The Morgan fingerprint density at radius 3 is 2.80 bits per heavy atom. The van der Waals surface area contributed by atoms with Crippen molar-refractivity contribution in [2.24, 2.45) is 0 Å². The fraction of sp³-hybridized carbons (Fsp3) is 0.182. The summed E-state index contributed by atoms with van der Waals surface area (Å²) in [6, 6.07) is 9.98. The molecule has 0 fully saturated rings. The molecular formula is C22H17ClFN5O. The number of benzene rings is 1. The summed E-state index contributed by atoms with van der Waals surface area (Å²) in [5.41, 5.74) is 5.05. The molecule has 0 spiro atoms. The van der Waals surface area contributed by atoms with E-state index in [0.717, 1.165) is 46.7 Å². The van der Waals surface area contributed by atoms with Gasteiger partial charge in [0.1, 0.15) is 5.82 Å². The van der Waals surface area contributed by atoms with Gasteiger partial charge in [-0.05, 0) is 47.9 Å². The van der Waals surface area contributed by atoms with Gasteiger partial charge in [-0.1, -0.05) is 17.7 Å². The van der Waals surface area contributed by atoms with Gasteiger partial charge in [-0.25, -0.2) is 9.37 Å². The smallest absolute Gasteiger partial charge is 0.274 e. The van der Waals surface area contributed by atoms with E-state index in [4.69, 9.17) is 11.6 Å². The van der Waals surface area contributed by atoms with Crippen LogP contribution in [0.4, 0.5) is 10.2 Å². The highest BCUT2D eigenvalue weighted by Gasteiger charge is 2.21. The van der Waals surface area contributed by atoms with E-state index in [9.17, 15) is 9.18 Å². The molecule has 1 aliphatic rings. The van der Waals surface area contributed by atoms with Crippen molar-refractivity contribution >= 4 is 23.1 Å². The Bertz CT molecular complexity index is 1350. The average molecular weight is 422 g/mol. The van der Waals surface area contributed by atoms with Crippen molar-refractivity contribution in [1.29, 1.82) is 0 Å². The summed E-state index contributed by atoms with van der Waals surface area (Å²) in [5, 5.41) is 4.65. The number of hydrogen-bond acceptors (Lipinski definition) is 5. The molecule has 5 rings (SSSR count). The van der Waals surface area contributed by atoms with E-state index in [1.807, 2.05) is 13.0 Å². The van der Waals surface area contributed by atoms with Gasteiger partial charge < -0.3 is 4.90 Å². The molecule has 0 bridgehead atoms. The highest BCUT2D eigenvalue weighted by molar-refractivity contribution is 6.31. The van der Waals surface area contributed by atoms with Crippen LogP contribution in [0.1, 0.15) is 16.8 Å². The van der Waals surface area contributed by atoms with Gasteiger partial charge in [0.15, 0.2) is 11.5 Å². The molecule has 0 radical (unpaired) electrons. The minimum atomic E-state index is -0.444. The Morgan fingerprint density at radius 2 is 1.97 bits per heavy atom. The highest BCUT2D eigenvalue weighted by Crippen LogP contribution is 2.29. The number of nitrogens with zero attached hydrogens (tertiary/aromatic N) is 5. The zero-order valence-corrected chi connectivity index (χ0v) is 16.9. The maximum Gasteiger partial charge on any atom is 0.274 e. The van der Waals surface area contributed by atoms with Gasteiger partial charge in [0.05, 0.1) is 5.02 Å². The van der Waals surface area contributed by atoms with Crippen molar-refractivity contribution in [2.75, 3.05) is 11.4 Å². The van der Waals surface area contributed by atoms with Crippen molar-refractivity contribution in [2.45, 2.75) is 19.9 Å². The maximum absolute atomic E-state index is 13.5. The molecule has 0 N–H and O–H groups in total. The molecule has 0 saturated carbocycles. The van der Waals surface area contributed by atoms with Crippen LogP contribution in [-0.2, 0) is 13.0 Å². The van der Waals surface area contributed by atoms with E-state index in [-0.39, 0.29) is 10.6 Å². The maximum atomic E-state index is 13.5. The first-order chi connectivity index (χ1) is 14.5. The van der Waals surface area contributed by atoms with Crippen LogP contribution in [-0.4, -0.2) is 26.1 Å². The first kappa shape index (κ1) is 18.7. The van der Waals surface area contributed by atoms with Crippen molar-refractivity contribution in [1.82, 2.24) is 19.6 Å². The first-order valence-electron chi connectivity index (χ1n) is 9.53. The van der Waals surface area contributed by atoms with E-state index in [1.165, 1.54) is 22.8 Å². The normalized spacial score (nSPS) is 13.5. The Kier molecular flexibility index (Phi) is 4.47. The lowest BCUT2D eigenvalue weighted by Crippen LogP contribution is -2.33. The molecule has 0 amide bonds. The third-order valence-corrected chi connectivity index (χ3v) is 5.62. The molecule has 0 saturated heterocycles. The minimum absolute atomic E-state index is 0.0851. The molecule has 1 aliphatic heterocycles. The van der Waals surface area contributed by atoms with Crippen LogP contribution in [0.5, 0.6) is 0 Å². The third-order valence-electron chi connectivity index (χ3n) is 5.33. The second kappa shape index (κ2) is 7.18. The number of rotatable bonds is 2. The highest BCUT2D eigenvalue weighted by atomic mass is 35.5. The average Bonchev–Trinajstić information content (AvgIpc) is 2.75. The summed E-state index contributed by atoms with van der Waals surface area (Å²) >= 11 is 5.94. The quantitative estimate of drug-likeness (QED) is 0.492. The van der Waals surface area contributed by atoms with Gasteiger partial charge in [0.25, 0.3) is 5.56 Å². The van der Waals surface area contributed by atoms with Crippen LogP contribution in [0, 0.1) is 12.7 Å². The lowest BCUT2D eigenvalue weighted by atomic mass is 10.00. The van der Waals surface area contributed by atoms with Crippen molar-refractivity contribution in [3.05, 3.63) is 86.8 Å². The van der Waals surface area contributed by atoms with Crippen molar-refractivity contribution in [3.8, 4) is 11.1 Å². The van der Waals surface area contributed by atoms with E-state index in [2.05, 4.69) is 26.0 Å². The number of aryl methyl sites for hydroxylation is 1. The fourth-order valence-corrected chi connectivity index (χ4v) is 3.98. The van der Waals surface area contributed by atoms with E-state index in [0.29, 0.717) is 12.2 Å². The molecule has 30 heavy (non-hydrogen) atoms. The summed E-state index contributed by atoms with van der Waals surface area (Å²) in [4.78, 5) is 23.1. The summed E-state index contributed by atoms with van der Waals surface area (Å²) in [6.45, 7) is 3.32. The van der Waals surface area contributed by atoms with E-state index >= 15 is 0 Å². The Hall–Kier alpha value is -3.32. The Labute approximate surface area is 176 Å². The van der Waals surface area contributed by atoms with Crippen LogP contribution in [0.2, 0.25) is 5.02 Å². The van der Waals surface area contributed by atoms with Crippen LogP contribution < -0.4 is 10.5 Å². The molecule has 150 valence electrons. The van der Waals surface area contributed by atoms with E-state index < -0.39 is 5.82 Å². The molecule has 3 aromatic heterocycles. The predicted molar refractivity (Wildman–Crippen MR) is 113 cm³/mol. The standard InChI is InChI=1S/C22H17ClFN5O/c1-13-8-20-25-6-4-21(30)29(20)27-22(13)28-7-5-19-16(12-28)9-15(11-26-19)14-2-3-18(24)17(23)10-14/h2-4,6,8-11H,5,7,12H2,1H3. The largest absolute Gasteiger partial charge is 0.350 e. The number of pyridine rings is 1. The van der Waals surface area contributed by atoms with Crippen LogP contribution >= 0.6 is 11.6 Å². The van der Waals surface area contributed by atoms with Gasteiger partial charge in [-0.3, -0.25) is 9.78 Å². The molecule has 4 heterocycles. The molecule has 0 unspecified atom stereocenters. The van der Waals surface area contributed by atoms with Crippen molar-refractivity contribution < 1.29 is 4.39 Å². The number of aromatic nitrogens is 4. The van der Waals surface area contributed by atoms with Gasteiger partial charge in [0, 0.05) is 49.2 Å². The second-order valence-electron chi connectivity index (χ2n) is 7.33. The zero-order chi connectivity index (χ0) is 20.8.